The molecule has 1 aromatic heterocycles. The Balaban J connectivity index is 1.82. The summed E-state index contributed by atoms with van der Waals surface area (Å²) in [5.74, 6) is 1.51. The molecular formula is C24H28N4O2. The number of aromatic nitrogens is 3. The number of unbranched alkanes of at least 4 members (excludes halogenated alkanes) is 1. The van der Waals surface area contributed by atoms with Crippen molar-refractivity contribution in [2.24, 2.45) is 0 Å². The number of carbonyl (C=O) groups is 1. The van der Waals surface area contributed by atoms with Gasteiger partial charge in [-0.15, -0.1) is 0 Å². The predicted molar refractivity (Wildman–Crippen MR) is 117 cm³/mol. The van der Waals surface area contributed by atoms with Crippen molar-refractivity contribution in [2.75, 3.05) is 12.0 Å². The first-order valence-corrected chi connectivity index (χ1v) is 10.5. The van der Waals surface area contributed by atoms with E-state index in [0.717, 1.165) is 29.7 Å². The van der Waals surface area contributed by atoms with Crippen molar-refractivity contribution >= 4 is 11.9 Å². The van der Waals surface area contributed by atoms with Gasteiger partial charge in [0.25, 0.3) is 0 Å². The SMILES string of the molecule is CCCCC(=O)N1c2ncnn2[C@@H](c2ccccc2OC)C[C@H]1c1ccc(C)cc1. The lowest BCUT2D eigenvalue weighted by atomic mass is 9.91. The van der Waals surface area contributed by atoms with Crippen molar-refractivity contribution < 1.29 is 9.53 Å². The van der Waals surface area contributed by atoms with E-state index in [9.17, 15) is 4.79 Å². The molecular weight excluding hydrogens is 376 g/mol. The number of para-hydroxylation sites is 1. The van der Waals surface area contributed by atoms with Crippen molar-refractivity contribution in [3.05, 3.63) is 71.5 Å². The number of hydrogen-bond donors (Lipinski definition) is 0. The minimum absolute atomic E-state index is 0.0693. The highest BCUT2D eigenvalue weighted by molar-refractivity contribution is 5.92. The highest BCUT2D eigenvalue weighted by Gasteiger charge is 2.39. The van der Waals surface area contributed by atoms with E-state index in [1.54, 1.807) is 7.11 Å². The van der Waals surface area contributed by atoms with E-state index in [1.807, 2.05) is 27.8 Å². The first kappa shape index (κ1) is 20.1. The summed E-state index contributed by atoms with van der Waals surface area (Å²) in [5.41, 5.74) is 3.35. The van der Waals surface area contributed by atoms with E-state index >= 15 is 0 Å². The highest BCUT2D eigenvalue weighted by atomic mass is 16.5. The van der Waals surface area contributed by atoms with Gasteiger partial charge in [0.15, 0.2) is 0 Å². The van der Waals surface area contributed by atoms with Gasteiger partial charge < -0.3 is 4.74 Å². The smallest absolute Gasteiger partial charge is 0.231 e. The van der Waals surface area contributed by atoms with E-state index in [1.165, 1.54) is 11.9 Å². The van der Waals surface area contributed by atoms with E-state index < -0.39 is 0 Å². The summed E-state index contributed by atoms with van der Waals surface area (Å²) >= 11 is 0. The summed E-state index contributed by atoms with van der Waals surface area (Å²) in [6.07, 6.45) is 4.59. The molecule has 6 nitrogen and oxygen atoms in total. The molecule has 0 unspecified atom stereocenters. The fourth-order valence-electron chi connectivity index (χ4n) is 4.20. The number of methoxy groups -OCH3 is 1. The number of hydrogen-bond acceptors (Lipinski definition) is 4. The molecule has 3 aromatic rings. The van der Waals surface area contributed by atoms with Gasteiger partial charge in [0.05, 0.1) is 19.2 Å². The topological polar surface area (TPSA) is 60.2 Å². The quantitative estimate of drug-likeness (QED) is 0.589. The average Bonchev–Trinajstić information content (AvgIpc) is 3.26. The summed E-state index contributed by atoms with van der Waals surface area (Å²) in [7, 11) is 1.68. The number of aryl methyl sites for hydroxylation is 1. The molecule has 2 atom stereocenters. The largest absolute Gasteiger partial charge is 0.496 e. The van der Waals surface area contributed by atoms with Crippen LogP contribution in [0.3, 0.4) is 0 Å². The number of ether oxygens (including phenoxy) is 1. The fraction of sp³-hybridized carbons (Fsp3) is 0.375. The molecule has 156 valence electrons. The summed E-state index contributed by atoms with van der Waals surface area (Å²) in [5, 5.41) is 4.50. The van der Waals surface area contributed by atoms with Gasteiger partial charge in [-0.05, 0) is 31.4 Å². The standard InChI is InChI=1S/C24H28N4O2/c1-4-5-10-23(29)27-20(18-13-11-17(2)12-14-18)15-21(28-24(27)25-16-26-28)19-8-6-7-9-22(19)30-3/h6-9,11-14,16,20-21H,4-5,10,15H2,1-3H3/t20-,21+/m0/s1. The second kappa shape index (κ2) is 8.69. The molecule has 1 aliphatic rings. The van der Waals surface area contributed by atoms with Gasteiger partial charge in [0.2, 0.25) is 11.9 Å². The molecule has 0 spiro atoms. The van der Waals surface area contributed by atoms with Crippen molar-refractivity contribution in [2.45, 2.75) is 51.6 Å². The number of benzene rings is 2. The van der Waals surface area contributed by atoms with Gasteiger partial charge >= 0.3 is 0 Å². The third-order valence-corrected chi connectivity index (χ3v) is 5.80. The number of fused-ring (bicyclic) bond motifs is 1. The summed E-state index contributed by atoms with van der Waals surface area (Å²) in [4.78, 5) is 19.6. The zero-order valence-electron chi connectivity index (χ0n) is 17.8. The number of nitrogens with zero attached hydrogens (tertiary/aromatic N) is 4. The molecule has 2 heterocycles. The summed E-state index contributed by atoms with van der Waals surface area (Å²) in [6.45, 7) is 4.17. The molecule has 0 saturated heterocycles. The van der Waals surface area contributed by atoms with E-state index in [-0.39, 0.29) is 18.0 Å². The van der Waals surface area contributed by atoms with Gasteiger partial charge in [0.1, 0.15) is 12.1 Å². The van der Waals surface area contributed by atoms with E-state index in [0.29, 0.717) is 18.8 Å². The van der Waals surface area contributed by atoms with Crippen LogP contribution in [0.1, 0.15) is 61.4 Å². The summed E-state index contributed by atoms with van der Waals surface area (Å²) in [6, 6.07) is 16.3. The number of amides is 1. The van der Waals surface area contributed by atoms with Gasteiger partial charge in [-0.25, -0.2) is 4.68 Å². The summed E-state index contributed by atoms with van der Waals surface area (Å²) < 4.78 is 7.50. The van der Waals surface area contributed by atoms with Crippen LogP contribution < -0.4 is 9.64 Å². The maximum atomic E-state index is 13.3. The molecule has 30 heavy (non-hydrogen) atoms. The van der Waals surface area contributed by atoms with Gasteiger partial charge in [-0.1, -0.05) is 61.4 Å². The lowest BCUT2D eigenvalue weighted by Gasteiger charge is -2.39. The first-order valence-electron chi connectivity index (χ1n) is 10.5. The monoisotopic (exact) mass is 404 g/mol. The second-order valence-corrected chi connectivity index (χ2v) is 7.79. The molecule has 1 aliphatic heterocycles. The number of rotatable bonds is 6. The Kier molecular flexibility index (Phi) is 5.84. The zero-order chi connectivity index (χ0) is 21.1. The second-order valence-electron chi connectivity index (χ2n) is 7.79. The van der Waals surface area contributed by atoms with Crippen LogP contribution in [-0.2, 0) is 4.79 Å². The van der Waals surface area contributed by atoms with E-state index in [4.69, 9.17) is 4.74 Å². The normalized spacial score (nSPS) is 18.2. The Bertz CT molecular complexity index is 1010. The molecule has 0 bridgehead atoms. The third-order valence-electron chi connectivity index (χ3n) is 5.80. The molecule has 1 amide bonds. The van der Waals surface area contributed by atoms with Crippen LogP contribution in [0.4, 0.5) is 5.95 Å². The van der Waals surface area contributed by atoms with Crippen LogP contribution in [0.2, 0.25) is 0 Å². The Hall–Kier alpha value is -3.15. The average molecular weight is 405 g/mol. The van der Waals surface area contributed by atoms with Crippen molar-refractivity contribution in [3.8, 4) is 5.75 Å². The van der Waals surface area contributed by atoms with Crippen LogP contribution in [0.15, 0.2) is 54.9 Å². The Morgan fingerprint density at radius 3 is 2.63 bits per heavy atom. The van der Waals surface area contributed by atoms with Gasteiger partial charge in [-0.2, -0.15) is 10.1 Å². The zero-order valence-corrected chi connectivity index (χ0v) is 17.8. The van der Waals surface area contributed by atoms with Crippen LogP contribution in [0.5, 0.6) is 5.75 Å². The molecule has 0 radical (unpaired) electrons. The van der Waals surface area contributed by atoms with Crippen LogP contribution in [-0.4, -0.2) is 27.8 Å². The van der Waals surface area contributed by atoms with Crippen LogP contribution in [0.25, 0.3) is 0 Å². The molecule has 0 saturated carbocycles. The van der Waals surface area contributed by atoms with Crippen molar-refractivity contribution in [1.29, 1.82) is 0 Å². The lowest BCUT2D eigenvalue weighted by Crippen LogP contribution is -2.42. The maximum Gasteiger partial charge on any atom is 0.231 e. The molecule has 2 aromatic carbocycles. The third kappa shape index (κ3) is 3.70. The Labute approximate surface area is 177 Å². The van der Waals surface area contributed by atoms with E-state index in [2.05, 4.69) is 54.3 Å². The predicted octanol–water partition coefficient (Wildman–Crippen LogP) is 4.85. The highest BCUT2D eigenvalue weighted by Crippen LogP contribution is 2.44. The molecule has 4 rings (SSSR count). The van der Waals surface area contributed by atoms with Gasteiger partial charge in [0, 0.05) is 12.0 Å². The van der Waals surface area contributed by atoms with Crippen molar-refractivity contribution in [3.63, 3.8) is 0 Å². The molecule has 6 heteroatoms. The van der Waals surface area contributed by atoms with Gasteiger partial charge in [-0.3, -0.25) is 9.69 Å². The van der Waals surface area contributed by atoms with Crippen molar-refractivity contribution in [1.82, 2.24) is 14.8 Å². The minimum atomic E-state index is -0.110. The Morgan fingerprint density at radius 1 is 1.13 bits per heavy atom. The van der Waals surface area contributed by atoms with Crippen LogP contribution >= 0.6 is 0 Å². The number of anilines is 1. The Morgan fingerprint density at radius 2 is 1.90 bits per heavy atom. The minimum Gasteiger partial charge on any atom is -0.496 e. The number of carbonyl (C=O) groups excluding carboxylic acids is 1. The fourth-order valence-corrected chi connectivity index (χ4v) is 4.20. The maximum absolute atomic E-state index is 13.3. The molecule has 0 fully saturated rings. The molecule has 0 aliphatic carbocycles. The molecule has 0 N–H and O–H groups in total. The lowest BCUT2D eigenvalue weighted by molar-refractivity contribution is -0.119. The van der Waals surface area contributed by atoms with Crippen LogP contribution in [0, 0.1) is 6.92 Å². The first-order chi connectivity index (χ1) is 14.6.